The third-order valence-electron chi connectivity index (χ3n) is 2.81. The van der Waals surface area contributed by atoms with Crippen LogP contribution in [-0.2, 0) is 0 Å². The first-order valence-electron chi connectivity index (χ1n) is 5.78. The van der Waals surface area contributed by atoms with E-state index in [4.69, 9.17) is 11.0 Å². The molecule has 2 aromatic rings. The number of nitrogens with one attached hydrogen (secondary N) is 1. The third-order valence-corrected chi connectivity index (χ3v) is 2.81. The van der Waals surface area contributed by atoms with Crippen molar-refractivity contribution in [2.24, 2.45) is 5.73 Å². The Balaban J connectivity index is 2.39. The van der Waals surface area contributed by atoms with Crippen molar-refractivity contribution in [3.8, 4) is 6.07 Å². The van der Waals surface area contributed by atoms with Crippen LogP contribution in [0.15, 0.2) is 42.5 Å². The topological polar surface area (TPSA) is 78.9 Å². The summed E-state index contributed by atoms with van der Waals surface area (Å²) in [6.07, 6.45) is 0. The lowest BCUT2D eigenvalue weighted by Crippen LogP contribution is -2.11. The number of carbonyl (C=O) groups is 1. The number of anilines is 2. The number of rotatable bonds is 3. The molecule has 0 aliphatic rings. The van der Waals surface area contributed by atoms with Crippen molar-refractivity contribution in [3.05, 3.63) is 59.2 Å². The molecule has 0 heterocycles. The third kappa shape index (κ3) is 2.72. The number of primary amides is 1. The van der Waals surface area contributed by atoms with Gasteiger partial charge in [0.1, 0.15) is 6.07 Å². The zero-order valence-electron chi connectivity index (χ0n) is 10.5. The number of nitrogens with zero attached hydrogens (tertiary/aromatic N) is 1. The average Bonchev–Trinajstić information content (AvgIpc) is 2.41. The van der Waals surface area contributed by atoms with E-state index in [0.717, 1.165) is 16.9 Å². The molecule has 1 amide bonds. The van der Waals surface area contributed by atoms with E-state index in [1.807, 2.05) is 25.1 Å². The van der Waals surface area contributed by atoms with Gasteiger partial charge in [0.25, 0.3) is 0 Å². The van der Waals surface area contributed by atoms with E-state index in [2.05, 4.69) is 11.4 Å². The molecule has 0 radical (unpaired) electrons. The fourth-order valence-electron chi connectivity index (χ4n) is 1.82. The zero-order chi connectivity index (χ0) is 13.8. The molecule has 0 saturated heterocycles. The second-order valence-electron chi connectivity index (χ2n) is 4.18. The van der Waals surface area contributed by atoms with E-state index in [9.17, 15) is 4.79 Å². The number of nitriles is 1. The number of hydrogen-bond acceptors (Lipinski definition) is 3. The Morgan fingerprint density at radius 3 is 2.68 bits per heavy atom. The SMILES string of the molecule is Cc1cccc(C#N)c1Nc1cccc(C(N)=O)c1. The zero-order valence-corrected chi connectivity index (χ0v) is 10.5. The van der Waals surface area contributed by atoms with Crippen LogP contribution < -0.4 is 11.1 Å². The Hall–Kier alpha value is -2.80. The molecule has 0 bridgehead atoms. The minimum Gasteiger partial charge on any atom is -0.366 e. The first kappa shape index (κ1) is 12.7. The molecule has 0 aliphatic carbocycles. The Labute approximate surface area is 111 Å². The highest BCUT2D eigenvalue weighted by Gasteiger charge is 2.07. The Kier molecular flexibility index (Phi) is 3.48. The van der Waals surface area contributed by atoms with E-state index >= 15 is 0 Å². The van der Waals surface area contributed by atoms with Crippen LogP contribution in [0.3, 0.4) is 0 Å². The molecule has 3 N–H and O–H groups in total. The van der Waals surface area contributed by atoms with Crippen molar-refractivity contribution in [1.29, 1.82) is 5.26 Å². The van der Waals surface area contributed by atoms with Gasteiger partial charge in [0.2, 0.25) is 5.91 Å². The largest absolute Gasteiger partial charge is 0.366 e. The van der Waals surface area contributed by atoms with Crippen molar-refractivity contribution in [3.63, 3.8) is 0 Å². The first-order chi connectivity index (χ1) is 9.11. The van der Waals surface area contributed by atoms with Crippen LogP contribution in [-0.4, -0.2) is 5.91 Å². The maximum atomic E-state index is 11.1. The molecule has 2 aromatic carbocycles. The predicted octanol–water partition coefficient (Wildman–Crippen LogP) is 2.71. The Morgan fingerprint density at radius 1 is 1.26 bits per heavy atom. The van der Waals surface area contributed by atoms with Crippen molar-refractivity contribution in [2.75, 3.05) is 5.32 Å². The summed E-state index contributed by atoms with van der Waals surface area (Å²) in [4.78, 5) is 11.1. The van der Waals surface area contributed by atoms with Crippen molar-refractivity contribution < 1.29 is 4.79 Å². The highest BCUT2D eigenvalue weighted by molar-refractivity contribution is 5.94. The minimum absolute atomic E-state index is 0.428. The lowest BCUT2D eigenvalue weighted by molar-refractivity contribution is 0.100. The van der Waals surface area contributed by atoms with Crippen molar-refractivity contribution >= 4 is 17.3 Å². The van der Waals surface area contributed by atoms with Crippen molar-refractivity contribution in [2.45, 2.75) is 6.92 Å². The number of carbonyl (C=O) groups excluding carboxylic acids is 1. The van der Waals surface area contributed by atoms with Crippen LogP contribution >= 0.6 is 0 Å². The molecule has 0 fully saturated rings. The fraction of sp³-hybridized carbons (Fsp3) is 0.0667. The number of amides is 1. The first-order valence-corrected chi connectivity index (χ1v) is 5.78. The van der Waals surface area contributed by atoms with Crippen LogP contribution in [0, 0.1) is 18.3 Å². The highest BCUT2D eigenvalue weighted by Crippen LogP contribution is 2.24. The summed E-state index contributed by atoms with van der Waals surface area (Å²) in [6, 6.07) is 14.5. The van der Waals surface area contributed by atoms with Gasteiger partial charge in [-0.15, -0.1) is 0 Å². The molecule has 2 rings (SSSR count). The summed E-state index contributed by atoms with van der Waals surface area (Å²) in [5, 5.41) is 12.3. The van der Waals surface area contributed by atoms with Gasteiger partial charge >= 0.3 is 0 Å². The van der Waals surface area contributed by atoms with E-state index in [0.29, 0.717) is 11.1 Å². The second-order valence-corrected chi connectivity index (χ2v) is 4.18. The summed E-state index contributed by atoms with van der Waals surface area (Å²) in [6.45, 7) is 1.92. The van der Waals surface area contributed by atoms with Gasteiger partial charge in [-0.3, -0.25) is 4.79 Å². The van der Waals surface area contributed by atoms with Gasteiger partial charge < -0.3 is 11.1 Å². The van der Waals surface area contributed by atoms with Gasteiger partial charge in [-0.2, -0.15) is 5.26 Å². The van der Waals surface area contributed by atoms with Gasteiger partial charge in [-0.25, -0.2) is 0 Å². The summed E-state index contributed by atoms with van der Waals surface area (Å²) in [5.74, 6) is -0.478. The smallest absolute Gasteiger partial charge is 0.248 e. The Bertz CT molecular complexity index is 671. The van der Waals surface area contributed by atoms with E-state index in [1.165, 1.54) is 0 Å². The normalized spacial score (nSPS) is 9.68. The molecule has 0 aromatic heterocycles. The quantitative estimate of drug-likeness (QED) is 0.880. The summed E-state index contributed by atoms with van der Waals surface area (Å²) < 4.78 is 0. The predicted molar refractivity (Wildman–Crippen MR) is 74.1 cm³/mol. The van der Waals surface area contributed by atoms with Crippen LogP contribution in [0.5, 0.6) is 0 Å². The number of nitrogens with two attached hydrogens (primary N) is 1. The molecule has 4 nitrogen and oxygen atoms in total. The molecule has 0 unspecified atom stereocenters. The standard InChI is InChI=1S/C15H13N3O/c1-10-4-2-6-12(9-16)14(10)18-13-7-3-5-11(8-13)15(17)19/h2-8,18H,1H3,(H2,17,19). The van der Waals surface area contributed by atoms with E-state index in [1.54, 1.807) is 24.3 Å². The highest BCUT2D eigenvalue weighted by atomic mass is 16.1. The molecular formula is C15H13N3O. The van der Waals surface area contributed by atoms with E-state index < -0.39 is 5.91 Å². The van der Waals surface area contributed by atoms with Gasteiger partial charge in [-0.05, 0) is 36.8 Å². The van der Waals surface area contributed by atoms with Crippen LogP contribution in [0.1, 0.15) is 21.5 Å². The average molecular weight is 251 g/mol. The summed E-state index contributed by atoms with van der Waals surface area (Å²) in [7, 11) is 0. The lowest BCUT2D eigenvalue weighted by Gasteiger charge is -2.11. The van der Waals surface area contributed by atoms with Crippen LogP contribution in [0.2, 0.25) is 0 Å². The molecule has 19 heavy (non-hydrogen) atoms. The monoisotopic (exact) mass is 251 g/mol. The fourth-order valence-corrected chi connectivity index (χ4v) is 1.82. The van der Waals surface area contributed by atoms with Crippen LogP contribution in [0.25, 0.3) is 0 Å². The van der Waals surface area contributed by atoms with Gasteiger partial charge in [0, 0.05) is 11.3 Å². The molecule has 0 atom stereocenters. The molecular weight excluding hydrogens is 238 g/mol. The van der Waals surface area contributed by atoms with Crippen molar-refractivity contribution in [1.82, 2.24) is 0 Å². The molecule has 0 aliphatic heterocycles. The number of aryl methyl sites for hydroxylation is 1. The molecule has 0 saturated carbocycles. The number of benzene rings is 2. The maximum Gasteiger partial charge on any atom is 0.248 e. The van der Waals surface area contributed by atoms with Gasteiger partial charge in [0.05, 0.1) is 11.3 Å². The Morgan fingerprint density at radius 2 is 2.00 bits per heavy atom. The number of hydrogen-bond donors (Lipinski definition) is 2. The summed E-state index contributed by atoms with van der Waals surface area (Å²) in [5.41, 5.74) is 8.66. The van der Waals surface area contributed by atoms with Gasteiger partial charge in [-0.1, -0.05) is 18.2 Å². The van der Waals surface area contributed by atoms with Crippen LogP contribution in [0.4, 0.5) is 11.4 Å². The van der Waals surface area contributed by atoms with E-state index in [-0.39, 0.29) is 0 Å². The van der Waals surface area contributed by atoms with Gasteiger partial charge in [0.15, 0.2) is 0 Å². The number of para-hydroxylation sites is 1. The molecule has 0 spiro atoms. The second kappa shape index (κ2) is 5.23. The lowest BCUT2D eigenvalue weighted by atomic mass is 10.1. The minimum atomic E-state index is -0.478. The molecule has 94 valence electrons. The summed E-state index contributed by atoms with van der Waals surface area (Å²) >= 11 is 0. The molecule has 4 heteroatoms. The maximum absolute atomic E-state index is 11.1.